The lowest BCUT2D eigenvalue weighted by atomic mass is 10.0. The monoisotopic (exact) mass is 400 g/mol. The van der Waals surface area contributed by atoms with Crippen molar-refractivity contribution in [3.8, 4) is 0 Å². The fourth-order valence-corrected chi connectivity index (χ4v) is 3.76. The van der Waals surface area contributed by atoms with E-state index in [0.29, 0.717) is 28.1 Å². The Bertz CT molecular complexity index is 1010. The fourth-order valence-electron chi connectivity index (χ4n) is 2.77. The summed E-state index contributed by atoms with van der Waals surface area (Å²) >= 11 is 1.24. The Morgan fingerprint density at radius 1 is 1.25 bits per heavy atom. The average Bonchev–Trinajstić information content (AvgIpc) is 3.30. The van der Waals surface area contributed by atoms with Crippen molar-refractivity contribution in [1.29, 1.82) is 0 Å². The van der Waals surface area contributed by atoms with E-state index in [9.17, 15) is 19.5 Å². The molecule has 0 unspecified atom stereocenters. The molecule has 0 radical (unpaired) electrons. The number of hydrogen-bond donors (Lipinski definition) is 4. The van der Waals surface area contributed by atoms with Crippen molar-refractivity contribution in [3.63, 3.8) is 0 Å². The summed E-state index contributed by atoms with van der Waals surface area (Å²) in [6.07, 6.45) is 3.18. The third-order valence-electron chi connectivity index (χ3n) is 4.09. The normalized spacial score (nSPS) is 12.1. The average molecular weight is 400 g/mol. The summed E-state index contributed by atoms with van der Waals surface area (Å²) in [7, 11) is 0. The summed E-state index contributed by atoms with van der Waals surface area (Å²) in [5.41, 5.74) is 0.882. The first-order valence-electron chi connectivity index (χ1n) is 8.71. The Balaban J connectivity index is 1.83. The van der Waals surface area contributed by atoms with E-state index < -0.39 is 17.9 Å². The molecule has 0 aliphatic rings. The van der Waals surface area contributed by atoms with Gasteiger partial charge in [-0.25, -0.2) is 9.78 Å². The van der Waals surface area contributed by atoms with Crippen LogP contribution in [0.1, 0.15) is 40.4 Å². The molecule has 3 aromatic rings. The molecule has 0 saturated carbocycles. The van der Waals surface area contributed by atoms with Crippen molar-refractivity contribution in [2.45, 2.75) is 26.3 Å². The molecule has 0 saturated heterocycles. The minimum atomic E-state index is -1.06. The summed E-state index contributed by atoms with van der Waals surface area (Å²) in [5, 5.41) is 15.4. The Morgan fingerprint density at radius 2 is 2.04 bits per heavy atom. The van der Waals surface area contributed by atoms with Crippen LogP contribution in [0.4, 0.5) is 5.69 Å². The lowest BCUT2D eigenvalue weighted by Gasteiger charge is -2.15. The van der Waals surface area contributed by atoms with Crippen molar-refractivity contribution < 1.29 is 19.5 Å². The molecule has 1 aromatic carbocycles. The van der Waals surface area contributed by atoms with Gasteiger partial charge < -0.3 is 20.7 Å². The third-order valence-corrected chi connectivity index (χ3v) is 5.19. The van der Waals surface area contributed by atoms with Gasteiger partial charge >= 0.3 is 5.97 Å². The second-order valence-corrected chi connectivity index (χ2v) is 7.83. The van der Waals surface area contributed by atoms with Crippen LogP contribution in [-0.4, -0.2) is 38.9 Å². The highest BCUT2D eigenvalue weighted by atomic mass is 32.1. The number of aromatic amines is 1. The predicted molar refractivity (Wildman–Crippen MR) is 107 cm³/mol. The largest absolute Gasteiger partial charge is 0.480 e. The molecule has 0 aliphatic carbocycles. The maximum absolute atomic E-state index is 12.6. The van der Waals surface area contributed by atoms with E-state index >= 15 is 0 Å². The number of carbonyl (C=O) groups excluding carboxylic acids is 2. The number of carboxylic acid groups (broad SMARTS) is 1. The van der Waals surface area contributed by atoms with E-state index in [1.807, 2.05) is 19.9 Å². The number of anilines is 1. The number of thiophene rings is 1. The van der Waals surface area contributed by atoms with Gasteiger partial charge in [-0.2, -0.15) is 0 Å². The summed E-state index contributed by atoms with van der Waals surface area (Å²) < 4.78 is 0.809. The van der Waals surface area contributed by atoms with Gasteiger partial charge in [0.05, 0.1) is 17.4 Å². The zero-order valence-corrected chi connectivity index (χ0v) is 16.2. The van der Waals surface area contributed by atoms with E-state index in [1.165, 1.54) is 23.9 Å². The van der Waals surface area contributed by atoms with Gasteiger partial charge in [0.25, 0.3) is 11.8 Å². The number of aliphatic carboxylic acids is 1. The standard InChI is InChI=1S/C19H20N4O4S/c1-10(2)6-13(19(26)27)23-18(25)16-7-11-12(4-3-5-15(11)28-16)22-17(24)14-8-20-9-21-14/h3-5,7-10,13H,6H2,1-2H3,(H,20,21)(H,22,24)(H,23,25)(H,26,27)/t13-/m0/s1. The number of carboxylic acids is 1. The van der Waals surface area contributed by atoms with Gasteiger partial charge in [-0.15, -0.1) is 11.3 Å². The summed E-state index contributed by atoms with van der Waals surface area (Å²) in [6, 6.07) is 6.07. The van der Waals surface area contributed by atoms with Crippen LogP contribution in [-0.2, 0) is 4.79 Å². The maximum atomic E-state index is 12.6. The van der Waals surface area contributed by atoms with Crippen molar-refractivity contribution in [3.05, 3.63) is 47.4 Å². The zero-order chi connectivity index (χ0) is 20.3. The van der Waals surface area contributed by atoms with Gasteiger partial charge in [-0.05, 0) is 30.5 Å². The van der Waals surface area contributed by atoms with E-state index in [2.05, 4.69) is 20.6 Å². The lowest BCUT2D eigenvalue weighted by Crippen LogP contribution is -2.41. The number of fused-ring (bicyclic) bond motifs is 1. The number of carbonyl (C=O) groups is 3. The Hall–Kier alpha value is -3.20. The van der Waals surface area contributed by atoms with Gasteiger partial charge in [0, 0.05) is 15.8 Å². The van der Waals surface area contributed by atoms with Crippen LogP contribution in [0.5, 0.6) is 0 Å². The number of imidazole rings is 1. The van der Waals surface area contributed by atoms with Gasteiger partial charge in [-0.3, -0.25) is 9.59 Å². The minimum absolute atomic E-state index is 0.133. The van der Waals surface area contributed by atoms with Crippen molar-refractivity contribution in [1.82, 2.24) is 15.3 Å². The molecule has 146 valence electrons. The molecule has 0 aliphatic heterocycles. The minimum Gasteiger partial charge on any atom is -0.480 e. The number of amides is 2. The van der Waals surface area contributed by atoms with E-state index in [-0.39, 0.29) is 11.8 Å². The zero-order valence-electron chi connectivity index (χ0n) is 15.4. The third kappa shape index (κ3) is 4.37. The van der Waals surface area contributed by atoms with Crippen LogP contribution in [0.15, 0.2) is 36.8 Å². The van der Waals surface area contributed by atoms with Crippen LogP contribution in [0.25, 0.3) is 10.1 Å². The van der Waals surface area contributed by atoms with Crippen LogP contribution in [0.3, 0.4) is 0 Å². The first kappa shape index (κ1) is 19.6. The highest BCUT2D eigenvalue weighted by molar-refractivity contribution is 7.20. The molecule has 0 fully saturated rings. The van der Waals surface area contributed by atoms with Crippen LogP contribution in [0, 0.1) is 5.92 Å². The van der Waals surface area contributed by atoms with Gasteiger partial charge in [-0.1, -0.05) is 19.9 Å². The molecule has 2 amide bonds. The van der Waals surface area contributed by atoms with Gasteiger partial charge in [0.15, 0.2) is 0 Å². The van der Waals surface area contributed by atoms with Crippen LogP contribution >= 0.6 is 11.3 Å². The molecule has 9 heteroatoms. The second-order valence-electron chi connectivity index (χ2n) is 6.74. The number of hydrogen-bond acceptors (Lipinski definition) is 5. The topological polar surface area (TPSA) is 124 Å². The Labute approximate surface area is 165 Å². The molecular formula is C19H20N4O4S. The molecule has 2 aromatic heterocycles. The number of nitrogens with zero attached hydrogens (tertiary/aromatic N) is 1. The first-order chi connectivity index (χ1) is 13.3. The number of H-pyrrole nitrogens is 1. The number of rotatable bonds is 7. The lowest BCUT2D eigenvalue weighted by molar-refractivity contribution is -0.139. The van der Waals surface area contributed by atoms with E-state index in [0.717, 1.165) is 4.70 Å². The first-order valence-corrected chi connectivity index (χ1v) is 9.52. The second kappa shape index (κ2) is 8.22. The summed E-state index contributed by atoms with van der Waals surface area (Å²) in [5.74, 6) is -1.71. The van der Waals surface area contributed by atoms with Gasteiger partial charge in [0.2, 0.25) is 0 Å². The van der Waals surface area contributed by atoms with Crippen molar-refractivity contribution in [2.24, 2.45) is 5.92 Å². The molecule has 0 bridgehead atoms. The van der Waals surface area contributed by atoms with Crippen molar-refractivity contribution in [2.75, 3.05) is 5.32 Å². The molecule has 4 N–H and O–H groups in total. The van der Waals surface area contributed by atoms with Gasteiger partial charge in [0.1, 0.15) is 11.7 Å². The smallest absolute Gasteiger partial charge is 0.326 e. The number of aromatic nitrogens is 2. The number of nitrogens with one attached hydrogen (secondary N) is 3. The summed E-state index contributed by atoms with van der Waals surface area (Å²) in [6.45, 7) is 3.80. The Morgan fingerprint density at radius 3 is 2.68 bits per heavy atom. The summed E-state index contributed by atoms with van der Waals surface area (Å²) in [4.78, 5) is 43.2. The quantitative estimate of drug-likeness (QED) is 0.485. The molecule has 3 rings (SSSR count). The molecule has 28 heavy (non-hydrogen) atoms. The molecule has 1 atom stereocenters. The Kier molecular flexibility index (Phi) is 5.74. The predicted octanol–water partition coefficient (Wildman–Crippen LogP) is 3.11. The fraction of sp³-hybridized carbons (Fsp3) is 0.263. The number of benzene rings is 1. The highest BCUT2D eigenvalue weighted by Crippen LogP contribution is 2.31. The van der Waals surface area contributed by atoms with E-state index in [4.69, 9.17) is 0 Å². The van der Waals surface area contributed by atoms with Crippen LogP contribution < -0.4 is 10.6 Å². The van der Waals surface area contributed by atoms with Crippen molar-refractivity contribution >= 4 is 44.9 Å². The molecule has 8 nitrogen and oxygen atoms in total. The SMILES string of the molecule is CC(C)C[C@H](NC(=O)c1cc2c(NC(=O)c3cnc[nH]3)cccc2s1)C(=O)O. The highest BCUT2D eigenvalue weighted by Gasteiger charge is 2.23. The maximum Gasteiger partial charge on any atom is 0.326 e. The van der Waals surface area contributed by atoms with E-state index in [1.54, 1.807) is 18.2 Å². The molecule has 0 spiro atoms. The van der Waals surface area contributed by atoms with Crippen LogP contribution in [0.2, 0.25) is 0 Å². The molecule has 2 heterocycles. The molecular weight excluding hydrogens is 380 g/mol.